The minimum absolute atomic E-state index is 0.465. The van der Waals surface area contributed by atoms with Crippen LogP contribution < -0.4 is 0 Å². The topological polar surface area (TPSA) is 88.5 Å². The van der Waals surface area contributed by atoms with Gasteiger partial charge in [0.25, 0.3) is 0 Å². The lowest BCUT2D eigenvalue weighted by Crippen LogP contribution is -2.26. The first kappa shape index (κ1) is 15.4. The minimum atomic E-state index is -1.29. The van der Waals surface area contributed by atoms with Crippen molar-refractivity contribution in [2.24, 2.45) is 0 Å². The van der Waals surface area contributed by atoms with Crippen molar-refractivity contribution in [3.05, 3.63) is 64.6 Å². The summed E-state index contributed by atoms with van der Waals surface area (Å²) >= 11 is 0. The van der Waals surface area contributed by atoms with E-state index in [4.69, 9.17) is 5.26 Å². The number of hydrogen-bond acceptors (Lipinski definition) is 3. The predicted molar refractivity (Wildman–Crippen MR) is 97.3 cm³/mol. The molecule has 2 aromatic heterocycles. The Labute approximate surface area is 145 Å². The van der Waals surface area contributed by atoms with Crippen LogP contribution in [-0.4, -0.2) is 20.1 Å². The second kappa shape index (κ2) is 5.20. The maximum absolute atomic E-state index is 11.4. The monoisotopic (exact) mass is 330 g/mol. The van der Waals surface area contributed by atoms with E-state index in [-0.39, 0.29) is 0 Å². The van der Waals surface area contributed by atoms with Gasteiger partial charge < -0.3 is 15.1 Å². The van der Waals surface area contributed by atoms with Gasteiger partial charge in [-0.05, 0) is 56.2 Å². The zero-order chi connectivity index (χ0) is 17.8. The molecule has 0 bridgehead atoms. The summed E-state index contributed by atoms with van der Waals surface area (Å²) in [4.78, 5) is 11.0. The van der Waals surface area contributed by atoms with E-state index in [1.807, 2.05) is 19.2 Å². The Morgan fingerprint density at radius 1 is 1.16 bits per heavy atom. The molecule has 0 aliphatic heterocycles. The number of nitrogens with one attached hydrogen (secondary N) is 2. The average Bonchev–Trinajstić information content (AvgIpc) is 3.20. The molecule has 4 aromatic rings. The Morgan fingerprint density at radius 2 is 1.96 bits per heavy atom. The lowest BCUT2D eigenvalue weighted by atomic mass is 9.87. The van der Waals surface area contributed by atoms with E-state index < -0.39 is 5.60 Å². The molecule has 1 unspecified atom stereocenters. The quantitative estimate of drug-likeness (QED) is 0.522. The third kappa shape index (κ3) is 2.23. The molecule has 0 spiro atoms. The van der Waals surface area contributed by atoms with E-state index in [9.17, 15) is 5.11 Å². The summed E-state index contributed by atoms with van der Waals surface area (Å²) in [5.74, 6) is 0.465. The van der Waals surface area contributed by atoms with Gasteiger partial charge in [-0.2, -0.15) is 5.26 Å². The first-order chi connectivity index (χ1) is 11.9. The molecule has 5 heteroatoms. The Kier molecular flexibility index (Phi) is 3.21. The number of imidazole rings is 1. The zero-order valence-electron chi connectivity index (χ0n) is 14.3. The minimum Gasteiger partial charge on any atom is -0.377 e. The SMILES string of the molecule is Cc1cc(C)c2[nH]ccc2c1C(C)(O)c1nc2ccc(C#N)cc2[nH]1. The fourth-order valence-electron chi connectivity index (χ4n) is 3.66. The second-order valence-corrected chi connectivity index (χ2v) is 6.65. The summed E-state index contributed by atoms with van der Waals surface area (Å²) in [6.07, 6.45) is 1.88. The Bertz CT molecular complexity index is 1160. The van der Waals surface area contributed by atoms with Crippen LogP contribution in [0.4, 0.5) is 0 Å². The molecule has 0 aliphatic carbocycles. The average molecular weight is 330 g/mol. The van der Waals surface area contributed by atoms with Gasteiger partial charge in [0.05, 0.1) is 22.7 Å². The van der Waals surface area contributed by atoms with E-state index in [0.717, 1.165) is 38.6 Å². The lowest BCUT2D eigenvalue weighted by molar-refractivity contribution is 0.0944. The van der Waals surface area contributed by atoms with Crippen LogP contribution in [0.5, 0.6) is 0 Å². The van der Waals surface area contributed by atoms with Crippen molar-refractivity contribution in [2.45, 2.75) is 26.4 Å². The number of aromatic amines is 2. The maximum atomic E-state index is 11.4. The number of hydrogen-bond donors (Lipinski definition) is 3. The summed E-state index contributed by atoms with van der Waals surface area (Å²) in [7, 11) is 0. The molecule has 5 nitrogen and oxygen atoms in total. The normalized spacial score (nSPS) is 13.9. The molecule has 0 radical (unpaired) electrons. The molecular weight excluding hydrogens is 312 g/mol. The molecule has 3 N–H and O–H groups in total. The van der Waals surface area contributed by atoms with E-state index in [1.54, 1.807) is 25.1 Å². The van der Waals surface area contributed by atoms with Crippen molar-refractivity contribution in [1.29, 1.82) is 5.26 Å². The van der Waals surface area contributed by atoms with Crippen LogP contribution in [0.15, 0.2) is 36.5 Å². The molecule has 0 saturated heterocycles. The van der Waals surface area contributed by atoms with E-state index in [1.165, 1.54) is 0 Å². The van der Waals surface area contributed by atoms with Crippen molar-refractivity contribution < 1.29 is 5.11 Å². The number of aliphatic hydroxyl groups is 1. The van der Waals surface area contributed by atoms with Crippen LogP contribution in [0, 0.1) is 25.2 Å². The molecule has 1 atom stereocenters. The fraction of sp³-hybridized carbons (Fsp3) is 0.200. The van der Waals surface area contributed by atoms with Crippen LogP contribution in [-0.2, 0) is 5.60 Å². The first-order valence-corrected chi connectivity index (χ1v) is 8.12. The number of aromatic nitrogens is 3. The number of benzene rings is 2. The van der Waals surface area contributed by atoms with Crippen LogP contribution in [0.25, 0.3) is 21.9 Å². The van der Waals surface area contributed by atoms with Crippen LogP contribution >= 0.6 is 0 Å². The van der Waals surface area contributed by atoms with E-state index >= 15 is 0 Å². The summed E-state index contributed by atoms with van der Waals surface area (Å²) < 4.78 is 0. The highest BCUT2D eigenvalue weighted by atomic mass is 16.3. The third-order valence-electron chi connectivity index (χ3n) is 4.80. The van der Waals surface area contributed by atoms with Crippen LogP contribution in [0.3, 0.4) is 0 Å². The second-order valence-electron chi connectivity index (χ2n) is 6.65. The van der Waals surface area contributed by atoms with Gasteiger partial charge in [0.1, 0.15) is 11.4 Å². The number of H-pyrrole nitrogens is 2. The summed E-state index contributed by atoms with van der Waals surface area (Å²) in [6, 6.07) is 11.4. The molecule has 0 saturated carbocycles. The number of aryl methyl sites for hydroxylation is 2. The number of nitriles is 1. The van der Waals surface area contributed by atoms with E-state index in [2.05, 4.69) is 34.0 Å². The zero-order valence-corrected chi connectivity index (χ0v) is 14.3. The highest BCUT2D eigenvalue weighted by molar-refractivity contribution is 5.88. The van der Waals surface area contributed by atoms with Crippen molar-refractivity contribution >= 4 is 21.9 Å². The lowest BCUT2D eigenvalue weighted by Gasteiger charge is -2.25. The van der Waals surface area contributed by atoms with Gasteiger partial charge >= 0.3 is 0 Å². The fourth-order valence-corrected chi connectivity index (χ4v) is 3.66. The van der Waals surface area contributed by atoms with Gasteiger partial charge in [-0.25, -0.2) is 4.98 Å². The summed E-state index contributed by atoms with van der Waals surface area (Å²) in [5, 5.41) is 21.4. The van der Waals surface area contributed by atoms with Crippen LogP contribution in [0.2, 0.25) is 0 Å². The molecular formula is C20H18N4O. The van der Waals surface area contributed by atoms with Gasteiger partial charge in [0, 0.05) is 22.7 Å². The molecule has 0 aliphatic rings. The number of rotatable bonds is 2. The van der Waals surface area contributed by atoms with Gasteiger partial charge in [-0.3, -0.25) is 0 Å². The Balaban J connectivity index is 1.96. The van der Waals surface area contributed by atoms with E-state index in [0.29, 0.717) is 11.4 Å². The van der Waals surface area contributed by atoms with Gasteiger partial charge in [-0.1, -0.05) is 6.07 Å². The third-order valence-corrected chi connectivity index (χ3v) is 4.80. The molecule has 0 amide bonds. The van der Waals surface area contributed by atoms with Gasteiger partial charge in [0.2, 0.25) is 0 Å². The smallest absolute Gasteiger partial charge is 0.145 e. The maximum Gasteiger partial charge on any atom is 0.145 e. The standard InChI is InChI=1S/C20H18N4O/c1-11-8-12(2)18-14(6-7-22-18)17(11)20(3,25)19-23-15-5-4-13(10-21)9-16(15)24-19/h4-9,22,25H,1-3H3,(H,23,24). The first-order valence-electron chi connectivity index (χ1n) is 8.12. The number of fused-ring (bicyclic) bond motifs is 2. The van der Waals surface area contributed by atoms with Crippen molar-refractivity contribution in [3.63, 3.8) is 0 Å². The largest absolute Gasteiger partial charge is 0.377 e. The van der Waals surface area contributed by atoms with Gasteiger partial charge in [0.15, 0.2) is 0 Å². The predicted octanol–water partition coefficient (Wildman–Crippen LogP) is 3.79. The van der Waals surface area contributed by atoms with Crippen molar-refractivity contribution in [3.8, 4) is 6.07 Å². The molecule has 2 aromatic carbocycles. The van der Waals surface area contributed by atoms with Gasteiger partial charge in [-0.15, -0.1) is 0 Å². The molecule has 25 heavy (non-hydrogen) atoms. The highest BCUT2D eigenvalue weighted by Crippen LogP contribution is 2.37. The Hall–Kier alpha value is -3.10. The molecule has 2 heterocycles. The van der Waals surface area contributed by atoms with Crippen LogP contribution in [0.1, 0.15) is 35.0 Å². The Morgan fingerprint density at radius 3 is 2.72 bits per heavy atom. The summed E-state index contributed by atoms with van der Waals surface area (Å²) in [6.45, 7) is 5.80. The summed E-state index contributed by atoms with van der Waals surface area (Å²) in [5.41, 5.74) is 4.73. The van der Waals surface area contributed by atoms with Crippen molar-refractivity contribution in [1.82, 2.24) is 15.0 Å². The molecule has 124 valence electrons. The molecule has 0 fully saturated rings. The number of nitrogens with zero attached hydrogens (tertiary/aromatic N) is 2. The molecule has 4 rings (SSSR count). The highest BCUT2D eigenvalue weighted by Gasteiger charge is 2.33. The van der Waals surface area contributed by atoms with Crippen molar-refractivity contribution in [2.75, 3.05) is 0 Å².